The molecule has 0 bridgehead atoms. The summed E-state index contributed by atoms with van der Waals surface area (Å²) in [5.74, 6) is 2.35. The van der Waals surface area contributed by atoms with Crippen molar-refractivity contribution in [3.8, 4) is 11.5 Å². The van der Waals surface area contributed by atoms with E-state index in [4.69, 9.17) is 16.3 Å². The van der Waals surface area contributed by atoms with Crippen molar-refractivity contribution in [1.29, 1.82) is 0 Å². The third kappa shape index (κ3) is 3.57. The summed E-state index contributed by atoms with van der Waals surface area (Å²) in [4.78, 5) is 4.59. The number of pyridine rings is 1. The standard InChI is InChI=1S/C21H15ClN2O/c22-19-8-4-5-15-9-14-20(24-21(15)19)23-16-10-12-18(13-11-16)25-17-6-2-1-3-7-17/h1-14H,(H,23,24). The maximum atomic E-state index is 6.22. The smallest absolute Gasteiger partial charge is 0.131 e. The zero-order chi connectivity index (χ0) is 17.1. The van der Waals surface area contributed by atoms with Crippen molar-refractivity contribution >= 4 is 34.0 Å². The molecule has 0 atom stereocenters. The van der Waals surface area contributed by atoms with Crippen LogP contribution in [-0.2, 0) is 0 Å². The van der Waals surface area contributed by atoms with Crippen molar-refractivity contribution in [2.75, 3.05) is 5.32 Å². The second-order valence-corrected chi connectivity index (χ2v) is 5.98. The molecule has 0 unspecified atom stereocenters. The molecule has 0 spiro atoms. The minimum Gasteiger partial charge on any atom is -0.457 e. The highest BCUT2D eigenvalue weighted by atomic mass is 35.5. The lowest BCUT2D eigenvalue weighted by Crippen LogP contribution is -1.94. The Balaban J connectivity index is 1.52. The quantitative estimate of drug-likeness (QED) is 0.462. The Kier molecular flexibility index (Phi) is 4.23. The van der Waals surface area contributed by atoms with Crippen molar-refractivity contribution in [1.82, 2.24) is 4.98 Å². The van der Waals surface area contributed by atoms with Gasteiger partial charge < -0.3 is 10.1 Å². The van der Waals surface area contributed by atoms with Crippen LogP contribution < -0.4 is 10.1 Å². The van der Waals surface area contributed by atoms with Crippen molar-refractivity contribution in [3.63, 3.8) is 0 Å². The number of hydrogen-bond acceptors (Lipinski definition) is 3. The SMILES string of the molecule is Clc1cccc2ccc(Nc3ccc(Oc4ccccc4)cc3)nc12. The Hall–Kier alpha value is -3.04. The van der Waals surface area contributed by atoms with Gasteiger partial charge >= 0.3 is 0 Å². The number of ether oxygens (including phenoxy) is 1. The van der Waals surface area contributed by atoms with E-state index >= 15 is 0 Å². The summed E-state index contributed by atoms with van der Waals surface area (Å²) in [6, 6.07) is 27.2. The highest BCUT2D eigenvalue weighted by Gasteiger charge is 2.03. The first kappa shape index (κ1) is 15.5. The molecule has 1 aromatic heterocycles. The maximum Gasteiger partial charge on any atom is 0.131 e. The molecule has 4 heteroatoms. The van der Waals surface area contributed by atoms with Gasteiger partial charge in [0.25, 0.3) is 0 Å². The van der Waals surface area contributed by atoms with Crippen molar-refractivity contribution < 1.29 is 4.74 Å². The molecular formula is C21H15ClN2O. The maximum absolute atomic E-state index is 6.22. The van der Waals surface area contributed by atoms with E-state index in [1.807, 2.05) is 84.9 Å². The van der Waals surface area contributed by atoms with E-state index in [1.54, 1.807) is 0 Å². The number of para-hydroxylation sites is 2. The summed E-state index contributed by atoms with van der Waals surface area (Å²) < 4.78 is 5.80. The van der Waals surface area contributed by atoms with Gasteiger partial charge in [-0.3, -0.25) is 0 Å². The first-order valence-electron chi connectivity index (χ1n) is 7.93. The lowest BCUT2D eigenvalue weighted by molar-refractivity contribution is 0.483. The monoisotopic (exact) mass is 346 g/mol. The molecule has 0 amide bonds. The number of nitrogens with one attached hydrogen (secondary N) is 1. The molecule has 0 saturated heterocycles. The molecule has 3 aromatic carbocycles. The number of aromatic nitrogens is 1. The summed E-state index contributed by atoms with van der Waals surface area (Å²) in [5, 5.41) is 4.95. The number of rotatable bonds is 4. The molecule has 1 N–H and O–H groups in total. The minimum absolute atomic E-state index is 0.646. The molecule has 4 aromatic rings. The fraction of sp³-hybridized carbons (Fsp3) is 0. The molecule has 0 aliphatic heterocycles. The fourth-order valence-electron chi connectivity index (χ4n) is 2.56. The van der Waals surface area contributed by atoms with Crippen LogP contribution in [0.3, 0.4) is 0 Å². The van der Waals surface area contributed by atoms with Gasteiger partial charge in [-0.1, -0.05) is 41.9 Å². The predicted molar refractivity (Wildman–Crippen MR) is 103 cm³/mol. The van der Waals surface area contributed by atoms with Crippen LogP contribution >= 0.6 is 11.6 Å². The zero-order valence-corrected chi connectivity index (χ0v) is 14.1. The topological polar surface area (TPSA) is 34.1 Å². The number of anilines is 2. The third-order valence-electron chi connectivity index (χ3n) is 3.78. The Labute approximate surface area is 150 Å². The molecule has 0 aliphatic carbocycles. The number of fused-ring (bicyclic) bond motifs is 1. The van der Waals surface area contributed by atoms with E-state index in [1.165, 1.54) is 0 Å². The normalized spacial score (nSPS) is 10.6. The molecule has 0 saturated carbocycles. The molecular weight excluding hydrogens is 332 g/mol. The molecule has 122 valence electrons. The van der Waals surface area contributed by atoms with Gasteiger partial charge in [-0.05, 0) is 54.6 Å². The summed E-state index contributed by atoms with van der Waals surface area (Å²) in [7, 11) is 0. The summed E-state index contributed by atoms with van der Waals surface area (Å²) in [6.07, 6.45) is 0. The fourth-order valence-corrected chi connectivity index (χ4v) is 2.78. The lowest BCUT2D eigenvalue weighted by atomic mass is 10.2. The van der Waals surface area contributed by atoms with Crippen LogP contribution in [0, 0.1) is 0 Å². The third-order valence-corrected chi connectivity index (χ3v) is 4.08. The molecule has 0 fully saturated rings. The van der Waals surface area contributed by atoms with E-state index in [2.05, 4.69) is 10.3 Å². The average Bonchev–Trinajstić information content (AvgIpc) is 2.65. The lowest BCUT2D eigenvalue weighted by Gasteiger charge is -2.09. The summed E-state index contributed by atoms with van der Waals surface area (Å²) in [6.45, 7) is 0. The van der Waals surface area contributed by atoms with Crippen LogP contribution in [0.1, 0.15) is 0 Å². The second kappa shape index (κ2) is 6.83. The summed E-state index contributed by atoms with van der Waals surface area (Å²) >= 11 is 6.22. The van der Waals surface area contributed by atoms with Crippen molar-refractivity contribution in [2.45, 2.75) is 0 Å². The van der Waals surface area contributed by atoms with Crippen LogP contribution in [0.15, 0.2) is 84.9 Å². The molecule has 0 radical (unpaired) electrons. The number of halogens is 1. The highest BCUT2D eigenvalue weighted by molar-refractivity contribution is 6.35. The predicted octanol–water partition coefficient (Wildman–Crippen LogP) is 6.42. The van der Waals surface area contributed by atoms with Crippen LogP contribution in [0.5, 0.6) is 11.5 Å². The Bertz CT molecular complexity index is 1000. The first-order chi connectivity index (χ1) is 12.3. The Morgan fingerprint density at radius 3 is 2.28 bits per heavy atom. The van der Waals surface area contributed by atoms with Crippen molar-refractivity contribution in [3.05, 3.63) is 90.0 Å². The first-order valence-corrected chi connectivity index (χ1v) is 8.31. The van der Waals surface area contributed by atoms with Gasteiger partial charge in [0, 0.05) is 11.1 Å². The Morgan fingerprint density at radius 1 is 0.720 bits per heavy atom. The van der Waals surface area contributed by atoms with Gasteiger partial charge in [0.05, 0.1) is 10.5 Å². The van der Waals surface area contributed by atoms with Crippen molar-refractivity contribution in [2.24, 2.45) is 0 Å². The van der Waals surface area contributed by atoms with Gasteiger partial charge in [0.1, 0.15) is 17.3 Å². The van der Waals surface area contributed by atoms with Gasteiger partial charge in [0.2, 0.25) is 0 Å². The van der Waals surface area contributed by atoms with Crippen LogP contribution in [0.2, 0.25) is 5.02 Å². The summed E-state index contributed by atoms with van der Waals surface area (Å²) in [5.41, 5.74) is 1.72. The van der Waals surface area contributed by atoms with E-state index < -0.39 is 0 Å². The highest BCUT2D eigenvalue weighted by Crippen LogP contribution is 2.26. The van der Waals surface area contributed by atoms with Gasteiger partial charge in [-0.15, -0.1) is 0 Å². The molecule has 1 heterocycles. The number of nitrogens with zero attached hydrogens (tertiary/aromatic N) is 1. The van der Waals surface area contributed by atoms with Crippen LogP contribution in [0.25, 0.3) is 10.9 Å². The molecule has 3 nitrogen and oxygen atoms in total. The second-order valence-electron chi connectivity index (χ2n) is 5.57. The van der Waals surface area contributed by atoms with Gasteiger partial charge in [0.15, 0.2) is 0 Å². The van der Waals surface area contributed by atoms with E-state index in [0.29, 0.717) is 5.02 Å². The minimum atomic E-state index is 0.646. The largest absolute Gasteiger partial charge is 0.457 e. The van der Waals surface area contributed by atoms with Gasteiger partial charge in [-0.2, -0.15) is 0 Å². The van der Waals surface area contributed by atoms with Crippen LogP contribution in [-0.4, -0.2) is 4.98 Å². The average molecular weight is 347 g/mol. The van der Waals surface area contributed by atoms with E-state index in [9.17, 15) is 0 Å². The van der Waals surface area contributed by atoms with E-state index in [-0.39, 0.29) is 0 Å². The molecule has 0 aliphatic rings. The zero-order valence-electron chi connectivity index (χ0n) is 13.3. The number of benzene rings is 3. The van der Waals surface area contributed by atoms with E-state index in [0.717, 1.165) is 33.9 Å². The van der Waals surface area contributed by atoms with Gasteiger partial charge in [-0.25, -0.2) is 4.98 Å². The van der Waals surface area contributed by atoms with Crippen LogP contribution in [0.4, 0.5) is 11.5 Å². The number of hydrogen-bond donors (Lipinski definition) is 1. The molecule has 25 heavy (non-hydrogen) atoms. The molecule has 4 rings (SSSR count). The Morgan fingerprint density at radius 2 is 1.48 bits per heavy atom.